The second-order valence-corrected chi connectivity index (χ2v) is 5.89. The lowest BCUT2D eigenvalue weighted by Gasteiger charge is -2.22. The van der Waals surface area contributed by atoms with Gasteiger partial charge in [0.15, 0.2) is 5.65 Å². The zero-order chi connectivity index (χ0) is 13.9. The maximum atomic E-state index is 9.13. The number of fused-ring (bicyclic) bond motifs is 1. The Morgan fingerprint density at radius 1 is 1.30 bits per heavy atom. The first-order valence-electron chi connectivity index (χ1n) is 7.73. The summed E-state index contributed by atoms with van der Waals surface area (Å²) in [5.41, 5.74) is 3.13. The molecule has 1 fully saturated rings. The summed E-state index contributed by atoms with van der Waals surface area (Å²) in [4.78, 5) is 9.44. The van der Waals surface area contributed by atoms with Crippen molar-refractivity contribution in [3.8, 4) is 0 Å². The number of hydrogen-bond donors (Lipinski definition) is 1. The number of rotatable bonds is 4. The van der Waals surface area contributed by atoms with E-state index in [2.05, 4.69) is 22.5 Å². The van der Waals surface area contributed by atoms with Gasteiger partial charge in [-0.25, -0.2) is 9.97 Å². The standard InChI is InChI=1S/C16H23N3O/c1-12-10-14-16(17-11-12)19(8-5-9-20)15(18-14)13-6-3-2-4-7-13/h10-11,13,20H,2-9H2,1H3. The Balaban J connectivity index is 2.03. The summed E-state index contributed by atoms with van der Waals surface area (Å²) < 4.78 is 2.24. The van der Waals surface area contributed by atoms with Gasteiger partial charge in [0.25, 0.3) is 0 Å². The van der Waals surface area contributed by atoms with Crippen LogP contribution in [0.15, 0.2) is 12.3 Å². The van der Waals surface area contributed by atoms with E-state index in [0.29, 0.717) is 5.92 Å². The molecule has 0 bridgehead atoms. The lowest BCUT2D eigenvalue weighted by atomic mass is 9.88. The Hall–Kier alpha value is -1.42. The number of aliphatic hydroxyl groups is 1. The predicted octanol–water partition coefficient (Wildman–Crippen LogP) is 3.17. The molecule has 4 heteroatoms. The lowest BCUT2D eigenvalue weighted by Crippen LogP contribution is -2.13. The minimum atomic E-state index is 0.218. The zero-order valence-corrected chi connectivity index (χ0v) is 12.2. The van der Waals surface area contributed by atoms with Crippen molar-refractivity contribution in [1.82, 2.24) is 14.5 Å². The van der Waals surface area contributed by atoms with E-state index in [1.54, 1.807) is 0 Å². The van der Waals surface area contributed by atoms with Crippen LogP contribution in [0.3, 0.4) is 0 Å². The van der Waals surface area contributed by atoms with Crippen LogP contribution in [0.2, 0.25) is 0 Å². The van der Waals surface area contributed by atoms with E-state index in [1.807, 2.05) is 6.20 Å². The van der Waals surface area contributed by atoms with E-state index >= 15 is 0 Å². The van der Waals surface area contributed by atoms with Crippen molar-refractivity contribution in [3.63, 3.8) is 0 Å². The second-order valence-electron chi connectivity index (χ2n) is 5.89. The molecule has 2 aromatic rings. The molecule has 0 unspecified atom stereocenters. The molecule has 0 saturated heterocycles. The van der Waals surface area contributed by atoms with Gasteiger partial charge in [-0.15, -0.1) is 0 Å². The Bertz CT molecular complexity index is 585. The topological polar surface area (TPSA) is 50.9 Å². The van der Waals surface area contributed by atoms with Gasteiger partial charge in [-0.3, -0.25) is 0 Å². The van der Waals surface area contributed by atoms with Gasteiger partial charge < -0.3 is 9.67 Å². The Labute approximate surface area is 119 Å². The third kappa shape index (κ3) is 2.57. The van der Waals surface area contributed by atoms with Gasteiger partial charge in [0.1, 0.15) is 11.3 Å². The normalized spacial score (nSPS) is 16.9. The molecule has 2 heterocycles. The molecular formula is C16H23N3O. The van der Waals surface area contributed by atoms with Crippen molar-refractivity contribution in [2.45, 2.75) is 57.9 Å². The quantitative estimate of drug-likeness (QED) is 0.931. The minimum Gasteiger partial charge on any atom is -0.396 e. The monoisotopic (exact) mass is 273 g/mol. The van der Waals surface area contributed by atoms with Crippen molar-refractivity contribution in [2.24, 2.45) is 0 Å². The maximum Gasteiger partial charge on any atom is 0.160 e. The fourth-order valence-electron chi connectivity index (χ4n) is 3.25. The van der Waals surface area contributed by atoms with Crippen LogP contribution in [0.25, 0.3) is 11.2 Å². The van der Waals surface area contributed by atoms with Gasteiger partial charge >= 0.3 is 0 Å². The van der Waals surface area contributed by atoms with Gasteiger partial charge in [-0.2, -0.15) is 0 Å². The van der Waals surface area contributed by atoms with Crippen molar-refractivity contribution in [1.29, 1.82) is 0 Å². The molecule has 3 rings (SSSR count). The summed E-state index contributed by atoms with van der Waals surface area (Å²) in [7, 11) is 0. The number of pyridine rings is 1. The summed E-state index contributed by atoms with van der Waals surface area (Å²) in [6, 6.07) is 2.12. The summed E-state index contributed by atoms with van der Waals surface area (Å²) in [5, 5.41) is 9.13. The summed E-state index contributed by atoms with van der Waals surface area (Å²) >= 11 is 0. The van der Waals surface area contributed by atoms with E-state index in [1.165, 1.54) is 37.9 Å². The van der Waals surface area contributed by atoms with Crippen LogP contribution in [0.1, 0.15) is 55.8 Å². The van der Waals surface area contributed by atoms with Gasteiger partial charge in [0.2, 0.25) is 0 Å². The average Bonchev–Trinajstić information content (AvgIpc) is 2.83. The van der Waals surface area contributed by atoms with E-state index < -0.39 is 0 Å². The molecular weight excluding hydrogens is 250 g/mol. The minimum absolute atomic E-state index is 0.218. The highest BCUT2D eigenvalue weighted by Gasteiger charge is 2.22. The molecule has 1 saturated carbocycles. The molecule has 20 heavy (non-hydrogen) atoms. The third-order valence-electron chi connectivity index (χ3n) is 4.26. The van der Waals surface area contributed by atoms with Gasteiger partial charge in [-0.05, 0) is 37.8 Å². The highest BCUT2D eigenvalue weighted by molar-refractivity contribution is 5.72. The van der Waals surface area contributed by atoms with Crippen LogP contribution in [-0.4, -0.2) is 26.2 Å². The number of aliphatic hydroxyl groups excluding tert-OH is 1. The van der Waals surface area contributed by atoms with E-state index in [4.69, 9.17) is 10.1 Å². The molecule has 1 aliphatic rings. The summed E-state index contributed by atoms with van der Waals surface area (Å²) in [6.07, 6.45) is 9.11. The van der Waals surface area contributed by atoms with Crippen molar-refractivity contribution < 1.29 is 5.11 Å². The Kier molecular flexibility index (Phi) is 4.01. The van der Waals surface area contributed by atoms with Crippen LogP contribution in [0.4, 0.5) is 0 Å². The molecule has 0 radical (unpaired) electrons. The Morgan fingerprint density at radius 2 is 2.10 bits per heavy atom. The molecule has 0 spiro atoms. The predicted molar refractivity (Wildman–Crippen MR) is 79.8 cm³/mol. The van der Waals surface area contributed by atoms with Crippen LogP contribution < -0.4 is 0 Å². The highest BCUT2D eigenvalue weighted by Crippen LogP contribution is 2.33. The first-order valence-corrected chi connectivity index (χ1v) is 7.73. The van der Waals surface area contributed by atoms with Gasteiger partial charge in [0, 0.05) is 25.3 Å². The molecule has 1 N–H and O–H groups in total. The first-order chi connectivity index (χ1) is 9.79. The summed E-state index contributed by atoms with van der Waals surface area (Å²) in [6.45, 7) is 3.09. The SMILES string of the molecule is Cc1cnc2c(c1)nc(C1CCCCC1)n2CCCO. The molecule has 0 aliphatic heterocycles. The largest absolute Gasteiger partial charge is 0.396 e. The van der Waals surface area contributed by atoms with Crippen LogP contribution in [-0.2, 0) is 6.54 Å². The van der Waals surface area contributed by atoms with Crippen molar-refractivity contribution >= 4 is 11.2 Å². The molecule has 0 aromatic carbocycles. The smallest absolute Gasteiger partial charge is 0.160 e. The molecule has 108 valence electrons. The number of aryl methyl sites for hydroxylation is 2. The first kappa shape index (κ1) is 13.6. The van der Waals surface area contributed by atoms with Gasteiger partial charge in [0.05, 0.1) is 0 Å². The van der Waals surface area contributed by atoms with E-state index in [-0.39, 0.29) is 6.61 Å². The second kappa shape index (κ2) is 5.92. The van der Waals surface area contributed by atoms with Crippen molar-refractivity contribution in [2.75, 3.05) is 6.61 Å². The number of imidazole rings is 1. The van der Waals surface area contributed by atoms with Crippen molar-refractivity contribution in [3.05, 3.63) is 23.7 Å². The molecule has 0 atom stereocenters. The number of nitrogens with zero attached hydrogens (tertiary/aromatic N) is 3. The fraction of sp³-hybridized carbons (Fsp3) is 0.625. The summed E-state index contributed by atoms with van der Waals surface area (Å²) in [5.74, 6) is 1.75. The van der Waals surface area contributed by atoms with Crippen LogP contribution in [0, 0.1) is 6.92 Å². The maximum absolute atomic E-state index is 9.13. The Morgan fingerprint density at radius 3 is 2.85 bits per heavy atom. The van der Waals surface area contributed by atoms with Crippen LogP contribution in [0.5, 0.6) is 0 Å². The van der Waals surface area contributed by atoms with E-state index in [0.717, 1.165) is 29.7 Å². The molecule has 4 nitrogen and oxygen atoms in total. The van der Waals surface area contributed by atoms with Gasteiger partial charge in [-0.1, -0.05) is 19.3 Å². The number of hydrogen-bond acceptors (Lipinski definition) is 3. The number of aromatic nitrogens is 3. The van der Waals surface area contributed by atoms with Crippen LogP contribution >= 0.6 is 0 Å². The zero-order valence-electron chi connectivity index (χ0n) is 12.2. The molecule has 1 aliphatic carbocycles. The molecule has 2 aromatic heterocycles. The van der Waals surface area contributed by atoms with E-state index in [9.17, 15) is 0 Å². The average molecular weight is 273 g/mol. The third-order valence-corrected chi connectivity index (χ3v) is 4.26. The fourth-order valence-corrected chi connectivity index (χ4v) is 3.25. The highest BCUT2D eigenvalue weighted by atomic mass is 16.3. The lowest BCUT2D eigenvalue weighted by molar-refractivity contribution is 0.278. The molecule has 0 amide bonds.